The predicted octanol–water partition coefficient (Wildman–Crippen LogP) is 2.66. The number of nitrogens with zero attached hydrogens (tertiary/aromatic N) is 1. The van der Waals surface area contributed by atoms with Gasteiger partial charge in [0.05, 0.1) is 10.5 Å². The number of carbonyl (C=O) groups is 2. The second-order valence-electron chi connectivity index (χ2n) is 6.08. The molecule has 3 amide bonds. The fourth-order valence-electron chi connectivity index (χ4n) is 3.17. The zero-order valence-corrected chi connectivity index (χ0v) is 14.5. The van der Waals surface area contributed by atoms with Crippen LogP contribution in [0.2, 0.25) is 5.02 Å². The lowest BCUT2D eigenvalue weighted by molar-refractivity contribution is 0.0702. The first-order valence-corrected chi connectivity index (χ1v) is 8.43. The van der Waals surface area contributed by atoms with Crippen LogP contribution in [0.3, 0.4) is 0 Å². The molecule has 1 aromatic heterocycles. The first-order valence-electron chi connectivity index (χ1n) is 8.05. The van der Waals surface area contributed by atoms with Crippen molar-refractivity contribution in [2.24, 2.45) is 0 Å². The van der Waals surface area contributed by atoms with E-state index in [0.717, 1.165) is 29.3 Å². The molecule has 3 N–H and O–H groups in total. The van der Waals surface area contributed by atoms with Gasteiger partial charge in [-0.3, -0.25) is 4.79 Å². The minimum atomic E-state index is -0.180. The third-order valence-electron chi connectivity index (χ3n) is 4.60. The van der Waals surface area contributed by atoms with Gasteiger partial charge in [-0.2, -0.15) is 0 Å². The van der Waals surface area contributed by atoms with Gasteiger partial charge in [0.1, 0.15) is 5.69 Å². The van der Waals surface area contributed by atoms with Crippen LogP contribution in [0.5, 0.6) is 0 Å². The molecule has 0 unspecified atom stereocenters. The number of rotatable bonds is 2. The molecule has 7 heteroatoms. The first-order chi connectivity index (χ1) is 11.5. The molecule has 6 nitrogen and oxygen atoms in total. The molecule has 2 heterocycles. The molecular formula is C17H21ClN4O2. The van der Waals surface area contributed by atoms with Gasteiger partial charge in [-0.25, -0.2) is 4.79 Å². The Morgan fingerprint density at radius 3 is 2.62 bits per heavy atom. The molecule has 1 aromatic carbocycles. The van der Waals surface area contributed by atoms with Crippen molar-refractivity contribution in [1.82, 2.24) is 20.5 Å². The van der Waals surface area contributed by atoms with Crippen LogP contribution in [0.4, 0.5) is 4.79 Å². The summed E-state index contributed by atoms with van der Waals surface area (Å²) in [5, 5.41) is 7.03. The van der Waals surface area contributed by atoms with E-state index >= 15 is 0 Å². The number of nitrogens with one attached hydrogen (secondary N) is 3. The molecule has 1 fully saturated rings. The van der Waals surface area contributed by atoms with Crippen LogP contribution in [0.15, 0.2) is 18.2 Å². The summed E-state index contributed by atoms with van der Waals surface area (Å²) in [6, 6.07) is 5.58. The highest BCUT2D eigenvalue weighted by Crippen LogP contribution is 2.28. The van der Waals surface area contributed by atoms with Gasteiger partial charge in [-0.1, -0.05) is 23.7 Å². The zero-order valence-electron chi connectivity index (χ0n) is 13.8. The van der Waals surface area contributed by atoms with Gasteiger partial charge in [0, 0.05) is 31.6 Å². The summed E-state index contributed by atoms with van der Waals surface area (Å²) >= 11 is 6.21. The van der Waals surface area contributed by atoms with E-state index in [9.17, 15) is 9.59 Å². The van der Waals surface area contributed by atoms with Gasteiger partial charge in [0.2, 0.25) is 0 Å². The SMILES string of the molecule is CNC(=O)NC1CCN(C(=O)c2[nH]c3c(Cl)cccc3c2C)CC1. The normalized spacial score (nSPS) is 15.5. The van der Waals surface area contributed by atoms with Crippen LogP contribution >= 0.6 is 11.6 Å². The number of H-pyrrole nitrogens is 1. The summed E-state index contributed by atoms with van der Waals surface area (Å²) in [5.41, 5.74) is 2.31. The molecule has 1 aliphatic rings. The summed E-state index contributed by atoms with van der Waals surface area (Å²) < 4.78 is 0. The fourth-order valence-corrected chi connectivity index (χ4v) is 3.40. The lowest BCUT2D eigenvalue weighted by Crippen LogP contribution is -2.48. The number of piperidine rings is 1. The summed E-state index contributed by atoms with van der Waals surface area (Å²) in [6.45, 7) is 3.17. The van der Waals surface area contributed by atoms with Crippen molar-refractivity contribution in [2.45, 2.75) is 25.8 Å². The molecule has 0 aliphatic carbocycles. The molecule has 128 valence electrons. The van der Waals surface area contributed by atoms with Crippen LogP contribution in [-0.4, -0.2) is 48.0 Å². The Morgan fingerprint density at radius 2 is 2.00 bits per heavy atom. The van der Waals surface area contributed by atoms with Gasteiger partial charge in [-0.15, -0.1) is 0 Å². The summed E-state index contributed by atoms with van der Waals surface area (Å²) in [6.07, 6.45) is 1.50. The number of urea groups is 1. The number of para-hydroxylation sites is 1. The number of amides is 3. The zero-order chi connectivity index (χ0) is 17.3. The summed E-state index contributed by atoms with van der Waals surface area (Å²) in [7, 11) is 1.60. The van der Waals surface area contributed by atoms with E-state index in [1.807, 2.05) is 30.0 Å². The second-order valence-corrected chi connectivity index (χ2v) is 6.48. The van der Waals surface area contributed by atoms with Crippen LogP contribution in [0.1, 0.15) is 28.9 Å². The van der Waals surface area contributed by atoms with Crippen molar-refractivity contribution in [3.8, 4) is 0 Å². The summed E-state index contributed by atoms with van der Waals surface area (Å²) in [4.78, 5) is 29.2. The molecule has 1 saturated heterocycles. The highest BCUT2D eigenvalue weighted by Gasteiger charge is 2.26. The van der Waals surface area contributed by atoms with Crippen molar-refractivity contribution >= 4 is 34.4 Å². The number of aryl methyl sites for hydroxylation is 1. The van der Waals surface area contributed by atoms with Crippen LogP contribution < -0.4 is 10.6 Å². The number of halogens is 1. The smallest absolute Gasteiger partial charge is 0.314 e. The average Bonchev–Trinajstić information content (AvgIpc) is 2.93. The highest BCUT2D eigenvalue weighted by molar-refractivity contribution is 6.35. The van der Waals surface area contributed by atoms with Crippen LogP contribution in [-0.2, 0) is 0 Å². The largest absolute Gasteiger partial charge is 0.349 e. The van der Waals surface area contributed by atoms with Gasteiger partial charge >= 0.3 is 6.03 Å². The number of carbonyl (C=O) groups excluding carboxylic acids is 2. The highest BCUT2D eigenvalue weighted by atomic mass is 35.5. The Morgan fingerprint density at radius 1 is 1.29 bits per heavy atom. The van der Waals surface area contributed by atoms with Crippen molar-refractivity contribution in [1.29, 1.82) is 0 Å². The molecule has 0 bridgehead atoms. The van der Waals surface area contributed by atoms with Crippen molar-refractivity contribution < 1.29 is 9.59 Å². The topological polar surface area (TPSA) is 77.2 Å². The quantitative estimate of drug-likeness (QED) is 0.780. The lowest BCUT2D eigenvalue weighted by Gasteiger charge is -2.32. The van der Waals surface area contributed by atoms with Gasteiger partial charge in [-0.05, 0) is 31.4 Å². The number of aromatic amines is 1. The van der Waals surface area contributed by atoms with E-state index < -0.39 is 0 Å². The summed E-state index contributed by atoms with van der Waals surface area (Å²) in [5.74, 6) is -0.0156. The van der Waals surface area contributed by atoms with E-state index in [1.165, 1.54) is 0 Å². The standard InChI is InChI=1S/C17H21ClN4O2/c1-10-12-4-3-5-13(18)15(12)21-14(10)16(23)22-8-6-11(7-9-22)20-17(24)19-2/h3-5,11,21H,6-9H2,1-2H3,(H2,19,20,24). The van der Waals surface area contributed by atoms with Gasteiger partial charge in [0.25, 0.3) is 5.91 Å². The molecule has 3 rings (SSSR count). The number of fused-ring (bicyclic) bond motifs is 1. The molecule has 0 atom stereocenters. The van der Waals surface area contributed by atoms with E-state index in [-0.39, 0.29) is 18.0 Å². The maximum atomic E-state index is 12.8. The van der Waals surface area contributed by atoms with Crippen molar-refractivity contribution in [3.63, 3.8) is 0 Å². The number of hydrogen-bond donors (Lipinski definition) is 3. The van der Waals surface area contributed by atoms with E-state index in [2.05, 4.69) is 15.6 Å². The molecule has 0 saturated carbocycles. The van der Waals surface area contributed by atoms with Crippen LogP contribution in [0.25, 0.3) is 10.9 Å². The maximum absolute atomic E-state index is 12.8. The number of hydrogen-bond acceptors (Lipinski definition) is 2. The van der Waals surface area contributed by atoms with E-state index in [1.54, 1.807) is 7.05 Å². The minimum Gasteiger partial charge on any atom is -0.349 e. The minimum absolute atomic E-state index is 0.0156. The number of likely N-dealkylation sites (tertiary alicyclic amines) is 1. The molecule has 24 heavy (non-hydrogen) atoms. The Balaban J connectivity index is 1.73. The molecular weight excluding hydrogens is 328 g/mol. The molecule has 0 radical (unpaired) electrons. The number of benzene rings is 1. The van der Waals surface area contributed by atoms with Crippen molar-refractivity contribution in [3.05, 3.63) is 34.5 Å². The Hall–Kier alpha value is -2.21. The third kappa shape index (κ3) is 3.06. The van der Waals surface area contributed by atoms with Gasteiger partial charge < -0.3 is 20.5 Å². The van der Waals surface area contributed by atoms with E-state index in [0.29, 0.717) is 23.8 Å². The van der Waals surface area contributed by atoms with Crippen LogP contribution in [0, 0.1) is 6.92 Å². The molecule has 2 aromatic rings. The molecule has 0 spiro atoms. The Bertz CT molecular complexity index is 778. The van der Waals surface area contributed by atoms with Crippen molar-refractivity contribution in [2.75, 3.05) is 20.1 Å². The Kier molecular flexibility index (Phi) is 4.66. The van der Waals surface area contributed by atoms with E-state index in [4.69, 9.17) is 11.6 Å². The second kappa shape index (κ2) is 6.73. The number of aromatic nitrogens is 1. The fraction of sp³-hybridized carbons (Fsp3) is 0.412. The first kappa shape index (κ1) is 16.6. The predicted molar refractivity (Wildman–Crippen MR) is 94.6 cm³/mol. The average molecular weight is 349 g/mol. The lowest BCUT2D eigenvalue weighted by atomic mass is 10.0. The Labute approximate surface area is 145 Å². The monoisotopic (exact) mass is 348 g/mol. The maximum Gasteiger partial charge on any atom is 0.314 e. The molecule has 1 aliphatic heterocycles. The van der Waals surface area contributed by atoms with Gasteiger partial charge in [0.15, 0.2) is 0 Å². The third-order valence-corrected chi connectivity index (χ3v) is 4.92.